The van der Waals surface area contributed by atoms with Crippen LogP contribution in [0.2, 0.25) is 0 Å². The molecular formula is C22H20N4O2. The summed E-state index contributed by atoms with van der Waals surface area (Å²) >= 11 is 0. The quantitative estimate of drug-likeness (QED) is 0.661. The minimum Gasteiger partial charge on any atom is -0.497 e. The predicted octanol–water partition coefficient (Wildman–Crippen LogP) is 3.68. The van der Waals surface area contributed by atoms with E-state index in [-0.39, 0.29) is 5.91 Å². The topological polar surface area (TPSA) is 87.0 Å². The second kappa shape index (κ2) is 9.19. The van der Waals surface area contributed by atoms with Gasteiger partial charge in [-0.1, -0.05) is 24.3 Å². The van der Waals surface area contributed by atoms with Crippen LogP contribution in [0, 0.1) is 11.3 Å². The van der Waals surface area contributed by atoms with Gasteiger partial charge in [0.2, 0.25) is 0 Å². The molecule has 1 aromatic heterocycles. The Morgan fingerprint density at radius 1 is 1.14 bits per heavy atom. The zero-order valence-electron chi connectivity index (χ0n) is 15.5. The van der Waals surface area contributed by atoms with Crippen LogP contribution in [0.25, 0.3) is 0 Å². The molecule has 0 saturated carbocycles. The van der Waals surface area contributed by atoms with Crippen LogP contribution >= 0.6 is 0 Å². The molecule has 0 saturated heterocycles. The Balaban J connectivity index is 1.55. The van der Waals surface area contributed by atoms with E-state index in [2.05, 4.69) is 21.7 Å². The fraction of sp³-hybridized carbons (Fsp3) is 0.136. The van der Waals surface area contributed by atoms with Crippen molar-refractivity contribution in [1.82, 2.24) is 10.3 Å². The highest BCUT2D eigenvalue weighted by atomic mass is 16.5. The van der Waals surface area contributed by atoms with Crippen LogP contribution in [-0.2, 0) is 6.42 Å². The van der Waals surface area contributed by atoms with Crippen LogP contribution in [0.15, 0.2) is 66.9 Å². The van der Waals surface area contributed by atoms with Gasteiger partial charge in [0.05, 0.1) is 30.2 Å². The highest BCUT2D eigenvalue weighted by Crippen LogP contribution is 2.19. The van der Waals surface area contributed by atoms with Crippen molar-refractivity contribution in [2.45, 2.75) is 6.42 Å². The lowest BCUT2D eigenvalue weighted by atomic mass is 10.1. The third-order valence-corrected chi connectivity index (χ3v) is 4.16. The highest BCUT2D eigenvalue weighted by molar-refractivity contribution is 5.92. The van der Waals surface area contributed by atoms with E-state index in [1.807, 2.05) is 36.4 Å². The number of methoxy groups -OCH3 is 1. The summed E-state index contributed by atoms with van der Waals surface area (Å²) in [6.45, 7) is 0.503. The molecule has 0 bridgehead atoms. The Hall–Kier alpha value is -3.85. The largest absolute Gasteiger partial charge is 0.497 e. The average Bonchev–Trinajstić information content (AvgIpc) is 2.74. The first-order valence-corrected chi connectivity index (χ1v) is 8.83. The first-order valence-electron chi connectivity index (χ1n) is 8.83. The highest BCUT2D eigenvalue weighted by Gasteiger charge is 2.08. The number of aromatic nitrogens is 1. The number of nitriles is 1. The molecule has 1 amide bonds. The van der Waals surface area contributed by atoms with E-state index < -0.39 is 0 Å². The van der Waals surface area contributed by atoms with Crippen molar-refractivity contribution in [2.75, 3.05) is 19.0 Å². The first kappa shape index (κ1) is 18.9. The fourth-order valence-corrected chi connectivity index (χ4v) is 2.69. The molecule has 28 heavy (non-hydrogen) atoms. The third kappa shape index (κ3) is 4.86. The number of anilines is 2. The molecule has 0 unspecified atom stereocenters. The van der Waals surface area contributed by atoms with E-state index in [1.54, 1.807) is 37.6 Å². The number of benzene rings is 2. The molecule has 3 rings (SSSR count). The molecular weight excluding hydrogens is 352 g/mol. The van der Waals surface area contributed by atoms with Crippen LogP contribution in [-0.4, -0.2) is 24.5 Å². The molecule has 0 aliphatic rings. The van der Waals surface area contributed by atoms with Crippen LogP contribution in [0.3, 0.4) is 0 Å². The predicted molar refractivity (Wildman–Crippen MR) is 108 cm³/mol. The third-order valence-electron chi connectivity index (χ3n) is 4.16. The van der Waals surface area contributed by atoms with Crippen molar-refractivity contribution in [2.24, 2.45) is 0 Å². The molecule has 0 atom stereocenters. The number of para-hydroxylation sites is 1. The van der Waals surface area contributed by atoms with Gasteiger partial charge in [0.15, 0.2) is 0 Å². The van der Waals surface area contributed by atoms with Gasteiger partial charge in [0, 0.05) is 6.54 Å². The number of hydrogen-bond acceptors (Lipinski definition) is 5. The van der Waals surface area contributed by atoms with Crippen LogP contribution in [0.4, 0.5) is 11.4 Å². The van der Waals surface area contributed by atoms with Crippen molar-refractivity contribution in [3.8, 4) is 11.8 Å². The maximum Gasteiger partial charge on any atom is 0.269 e. The van der Waals surface area contributed by atoms with Gasteiger partial charge < -0.3 is 15.4 Å². The lowest BCUT2D eigenvalue weighted by molar-refractivity contribution is 0.0949. The Labute approximate surface area is 163 Å². The molecule has 2 aromatic carbocycles. The van der Waals surface area contributed by atoms with Gasteiger partial charge >= 0.3 is 0 Å². The zero-order valence-corrected chi connectivity index (χ0v) is 15.5. The Morgan fingerprint density at radius 3 is 2.75 bits per heavy atom. The second-order valence-electron chi connectivity index (χ2n) is 6.07. The molecule has 2 N–H and O–H groups in total. The Kier molecular flexibility index (Phi) is 6.21. The number of hydrogen-bond donors (Lipinski definition) is 2. The van der Waals surface area contributed by atoms with Gasteiger partial charge in [-0.25, -0.2) is 4.98 Å². The van der Waals surface area contributed by atoms with E-state index >= 15 is 0 Å². The van der Waals surface area contributed by atoms with Gasteiger partial charge in [-0.2, -0.15) is 5.26 Å². The van der Waals surface area contributed by atoms with E-state index in [0.717, 1.165) is 11.3 Å². The number of nitrogens with one attached hydrogen (secondary N) is 2. The summed E-state index contributed by atoms with van der Waals surface area (Å²) in [4.78, 5) is 16.5. The first-order chi connectivity index (χ1) is 13.7. The lowest BCUT2D eigenvalue weighted by Gasteiger charge is -2.09. The van der Waals surface area contributed by atoms with Crippen LogP contribution < -0.4 is 15.4 Å². The molecule has 6 heteroatoms. The second-order valence-corrected chi connectivity index (χ2v) is 6.07. The van der Waals surface area contributed by atoms with Gasteiger partial charge in [0.25, 0.3) is 5.91 Å². The van der Waals surface area contributed by atoms with Gasteiger partial charge in [-0.05, 0) is 48.4 Å². The van der Waals surface area contributed by atoms with Crippen molar-refractivity contribution in [3.05, 3.63) is 83.7 Å². The van der Waals surface area contributed by atoms with Crippen molar-refractivity contribution in [3.63, 3.8) is 0 Å². The van der Waals surface area contributed by atoms with Crippen LogP contribution in [0.5, 0.6) is 5.75 Å². The Bertz CT molecular complexity index is 994. The standard InChI is InChI=1S/C22H20N4O2/c1-28-19-7-4-5-16(13-19)11-12-24-22(27)21-10-9-18(15-25-21)26-20-8-3-2-6-17(20)14-23/h2-10,13,15,26H,11-12H2,1H3,(H,24,27). The maximum atomic E-state index is 12.3. The lowest BCUT2D eigenvalue weighted by Crippen LogP contribution is -2.26. The van der Waals surface area contributed by atoms with E-state index in [0.29, 0.717) is 35.6 Å². The molecule has 0 aliphatic heterocycles. The zero-order chi connectivity index (χ0) is 19.8. The molecule has 6 nitrogen and oxygen atoms in total. The van der Waals surface area contributed by atoms with Crippen molar-refractivity contribution >= 4 is 17.3 Å². The van der Waals surface area contributed by atoms with Crippen molar-refractivity contribution < 1.29 is 9.53 Å². The molecule has 3 aromatic rings. The fourth-order valence-electron chi connectivity index (χ4n) is 2.69. The number of pyridine rings is 1. The number of carbonyl (C=O) groups is 1. The van der Waals surface area contributed by atoms with Gasteiger partial charge in [-0.15, -0.1) is 0 Å². The summed E-state index contributed by atoms with van der Waals surface area (Å²) in [6.07, 6.45) is 2.28. The monoisotopic (exact) mass is 372 g/mol. The van der Waals surface area contributed by atoms with Crippen LogP contribution in [0.1, 0.15) is 21.6 Å². The van der Waals surface area contributed by atoms with E-state index in [1.165, 1.54) is 0 Å². The number of carbonyl (C=O) groups excluding carboxylic acids is 1. The maximum absolute atomic E-state index is 12.3. The summed E-state index contributed by atoms with van der Waals surface area (Å²) < 4.78 is 5.20. The number of ether oxygens (including phenoxy) is 1. The SMILES string of the molecule is COc1cccc(CCNC(=O)c2ccc(Nc3ccccc3C#N)cn2)c1. The number of amides is 1. The molecule has 1 heterocycles. The minimum atomic E-state index is -0.230. The average molecular weight is 372 g/mol. The molecule has 0 radical (unpaired) electrons. The summed E-state index contributed by atoms with van der Waals surface area (Å²) in [6, 6.07) is 20.5. The van der Waals surface area contributed by atoms with E-state index in [9.17, 15) is 4.79 Å². The summed E-state index contributed by atoms with van der Waals surface area (Å²) in [5, 5.41) is 15.1. The molecule has 140 valence electrons. The molecule has 0 spiro atoms. The van der Waals surface area contributed by atoms with Crippen molar-refractivity contribution in [1.29, 1.82) is 5.26 Å². The molecule has 0 aliphatic carbocycles. The summed E-state index contributed by atoms with van der Waals surface area (Å²) in [5.41, 5.74) is 3.37. The normalized spacial score (nSPS) is 10.0. The van der Waals surface area contributed by atoms with E-state index in [4.69, 9.17) is 10.00 Å². The van der Waals surface area contributed by atoms with Gasteiger partial charge in [0.1, 0.15) is 17.5 Å². The summed E-state index contributed by atoms with van der Waals surface area (Å²) in [5.74, 6) is 0.568. The van der Waals surface area contributed by atoms with Gasteiger partial charge in [-0.3, -0.25) is 4.79 Å². The molecule has 0 fully saturated rings. The number of rotatable bonds is 7. The summed E-state index contributed by atoms with van der Waals surface area (Å²) in [7, 11) is 1.63. The minimum absolute atomic E-state index is 0.230. The smallest absolute Gasteiger partial charge is 0.269 e. The Morgan fingerprint density at radius 2 is 2.00 bits per heavy atom. The number of nitrogens with zero attached hydrogens (tertiary/aromatic N) is 2.